The smallest absolute Gasteiger partial charge is 0.307 e. The molecule has 2 atom stereocenters. The lowest BCUT2D eigenvalue weighted by atomic mass is 10.1. The molecule has 1 fully saturated rings. The first-order valence-corrected chi connectivity index (χ1v) is 7.97. The summed E-state index contributed by atoms with van der Waals surface area (Å²) in [5, 5.41) is 12.3. The number of benzene rings is 1. The van der Waals surface area contributed by atoms with Crippen molar-refractivity contribution in [3.63, 3.8) is 0 Å². The van der Waals surface area contributed by atoms with Crippen molar-refractivity contribution in [2.24, 2.45) is 5.92 Å². The number of H-pyrrole nitrogens is 1. The predicted octanol–water partition coefficient (Wildman–Crippen LogP) is 3.52. The molecular formula is C18H13FN4O2. The van der Waals surface area contributed by atoms with Gasteiger partial charge in [-0.3, -0.25) is 4.79 Å². The molecule has 2 aromatic heterocycles. The normalized spacial score (nSPS) is 19.9. The standard InChI is InChI=1S/C18H13FN4O2/c19-8-3-4-9-13(6-8)21-16-10(2-1-5-20-16)15-14(9)22-17(23-15)11-7-12(11)18(24)25/h1-6,11-12H,7H2,(H,20,21)(H,22,23)(H,24,25)/t11-,12+/m0/s1. The Bertz CT molecular complexity index is 1030. The van der Waals surface area contributed by atoms with E-state index in [1.807, 2.05) is 12.1 Å². The zero-order chi connectivity index (χ0) is 17.1. The van der Waals surface area contributed by atoms with Crippen molar-refractivity contribution in [3.05, 3.63) is 48.2 Å². The van der Waals surface area contributed by atoms with E-state index in [0.29, 0.717) is 29.4 Å². The summed E-state index contributed by atoms with van der Waals surface area (Å²) in [5.74, 6) is -0.403. The molecule has 0 bridgehead atoms. The summed E-state index contributed by atoms with van der Waals surface area (Å²) in [4.78, 5) is 23.5. The Morgan fingerprint density at radius 1 is 1.28 bits per heavy atom. The number of rotatable bonds is 2. The second kappa shape index (κ2) is 4.89. The number of carboxylic acid groups (broad SMARTS) is 1. The van der Waals surface area contributed by atoms with Crippen LogP contribution >= 0.6 is 0 Å². The maximum atomic E-state index is 13.7. The quantitative estimate of drug-likeness (QED) is 0.521. The fraction of sp³-hybridized carbons (Fsp3) is 0.167. The van der Waals surface area contributed by atoms with E-state index in [1.54, 1.807) is 12.3 Å². The summed E-state index contributed by atoms with van der Waals surface area (Å²) in [6.45, 7) is 0. The Morgan fingerprint density at radius 2 is 2.16 bits per heavy atom. The van der Waals surface area contributed by atoms with Gasteiger partial charge in [-0.2, -0.15) is 0 Å². The highest BCUT2D eigenvalue weighted by atomic mass is 19.1. The van der Waals surface area contributed by atoms with Crippen LogP contribution in [0.15, 0.2) is 36.5 Å². The van der Waals surface area contributed by atoms with Gasteiger partial charge in [-0.25, -0.2) is 14.4 Å². The van der Waals surface area contributed by atoms with Crippen LogP contribution in [0.2, 0.25) is 0 Å². The number of carboxylic acids is 1. The number of aromatic nitrogens is 3. The van der Waals surface area contributed by atoms with E-state index in [9.17, 15) is 14.3 Å². The number of imidazole rings is 1. The van der Waals surface area contributed by atoms with Gasteiger partial charge >= 0.3 is 5.97 Å². The highest BCUT2D eigenvalue weighted by Gasteiger charge is 2.46. The highest BCUT2D eigenvalue weighted by Crippen LogP contribution is 2.49. The van der Waals surface area contributed by atoms with E-state index in [1.165, 1.54) is 12.1 Å². The van der Waals surface area contributed by atoms with Crippen LogP contribution < -0.4 is 5.32 Å². The van der Waals surface area contributed by atoms with Gasteiger partial charge in [0.05, 0.1) is 17.3 Å². The third-order valence-electron chi connectivity index (χ3n) is 4.75. The zero-order valence-corrected chi connectivity index (χ0v) is 13.0. The summed E-state index contributed by atoms with van der Waals surface area (Å²) >= 11 is 0. The van der Waals surface area contributed by atoms with Gasteiger partial charge < -0.3 is 15.4 Å². The first-order valence-electron chi connectivity index (χ1n) is 7.97. The minimum absolute atomic E-state index is 0.110. The van der Waals surface area contributed by atoms with Gasteiger partial charge in [0.2, 0.25) is 0 Å². The number of carbonyl (C=O) groups is 1. The van der Waals surface area contributed by atoms with Gasteiger partial charge in [-0.1, -0.05) is 0 Å². The van der Waals surface area contributed by atoms with E-state index in [0.717, 1.165) is 16.8 Å². The van der Waals surface area contributed by atoms with Crippen LogP contribution in [0.5, 0.6) is 0 Å². The average molecular weight is 336 g/mol. The number of halogens is 1. The maximum Gasteiger partial charge on any atom is 0.307 e. The van der Waals surface area contributed by atoms with Crippen LogP contribution in [0, 0.1) is 11.7 Å². The number of aliphatic carboxylic acids is 1. The number of nitrogens with zero attached hydrogens (tertiary/aromatic N) is 2. The highest BCUT2D eigenvalue weighted by molar-refractivity contribution is 5.94. The van der Waals surface area contributed by atoms with Gasteiger partial charge in [0, 0.05) is 23.2 Å². The molecule has 0 spiro atoms. The van der Waals surface area contributed by atoms with Gasteiger partial charge in [-0.15, -0.1) is 0 Å². The fourth-order valence-corrected chi connectivity index (χ4v) is 3.39. The Balaban J connectivity index is 1.72. The van der Waals surface area contributed by atoms with E-state index in [4.69, 9.17) is 0 Å². The molecule has 1 saturated carbocycles. The summed E-state index contributed by atoms with van der Waals surface area (Å²) in [6.07, 6.45) is 2.24. The van der Waals surface area contributed by atoms with Crippen molar-refractivity contribution in [1.82, 2.24) is 15.0 Å². The Hall–Kier alpha value is -3.22. The van der Waals surface area contributed by atoms with Crippen molar-refractivity contribution in [1.29, 1.82) is 0 Å². The lowest BCUT2D eigenvalue weighted by molar-refractivity contribution is -0.138. The number of hydrogen-bond donors (Lipinski definition) is 3. The molecule has 7 heteroatoms. The number of hydrogen-bond acceptors (Lipinski definition) is 4. The molecule has 2 aliphatic rings. The molecule has 0 unspecified atom stereocenters. The predicted molar refractivity (Wildman–Crippen MR) is 89.0 cm³/mol. The van der Waals surface area contributed by atoms with Gasteiger partial charge in [0.25, 0.3) is 0 Å². The fourth-order valence-electron chi connectivity index (χ4n) is 3.39. The minimum Gasteiger partial charge on any atom is -0.481 e. The maximum absolute atomic E-state index is 13.7. The molecule has 1 aromatic carbocycles. The van der Waals surface area contributed by atoms with Crippen molar-refractivity contribution in [2.45, 2.75) is 12.3 Å². The van der Waals surface area contributed by atoms with Crippen molar-refractivity contribution >= 4 is 17.5 Å². The molecule has 124 valence electrons. The van der Waals surface area contributed by atoms with Crippen LogP contribution in [0.3, 0.4) is 0 Å². The number of fused-ring (bicyclic) bond motifs is 5. The van der Waals surface area contributed by atoms with Crippen LogP contribution in [0.25, 0.3) is 22.5 Å². The van der Waals surface area contributed by atoms with Crippen LogP contribution in [0.4, 0.5) is 15.9 Å². The van der Waals surface area contributed by atoms with E-state index in [2.05, 4.69) is 20.3 Å². The van der Waals surface area contributed by atoms with Gasteiger partial charge in [0.1, 0.15) is 23.2 Å². The van der Waals surface area contributed by atoms with E-state index in [-0.39, 0.29) is 11.7 Å². The van der Waals surface area contributed by atoms with Gasteiger partial charge in [-0.05, 0) is 36.8 Å². The lowest BCUT2D eigenvalue weighted by Crippen LogP contribution is -2.00. The monoisotopic (exact) mass is 336 g/mol. The largest absolute Gasteiger partial charge is 0.481 e. The molecule has 1 aliphatic carbocycles. The SMILES string of the molecule is O=C(O)[C@@H]1C[C@@H]1c1nc2c([nH]1)-c1ccc(F)cc1Nc1ncccc1-2. The molecule has 5 rings (SSSR count). The van der Waals surface area contributed by atoms with Crippen molar-refractivity contribution in [2.75, 3.05) is 5.32 Å². The first-order chi connectivity index (χ1) is 12.1. The number of pyridine rings is 1. The molecule has 3 aromatic rings. The molecule has 1 aliphatic heterocycles. The zero-order valence-electron chi connectivity index (χ0n) is 13.0. The topological polar surface area (TPSA) is 90.9 Å². The minimum atomic E-state index is -0.803. The molecule has 6 nitrogen and oxygen atoms in total. The summed E-state index contributed by atoms with van der Waals surface area (Å²) in [5.41, 5.74) is 3.62. The number of aromatic amines is 1. The third-order valence-corrected chi connectivity index (χ3v) is 4.75. The Kier molecular flexibility index (Phi) is 2.77. The summed E-state index contributed by atoms with van der Waals surface area (Å²) in [6, 6.07) is 8.20. The first kappa shape index (κ1) is 14.2. The lowest BCUT2D eigenvalue weighted by Gasteiger charge is -2.08. The second-order valence-corrected chi connectivity index (χ2v) is 6.35. The third kappa shape index (κ3) is 2.12. The van der Waals surface area contributed by atoms with Crippen LogP contribution in [0.1, 0.15) is 18.2 Å². The second-order valence-electron chi connectivity index (χ2n) is 6.35. The molecule has 3 heterocycles. The molecule has 3 N–H and O–H groups in total. The average Bonchev–Trinajstić information content (AvgIpc) is 3.31. The molecule has 0 amide bonds. The Morgan fingerprint density at radius 3 is 2.96 bits per heavy atom. The summed E-state index contributed by atoms with van der Waals surface area (Å²) < 4.78 is 13.7. The van der Waals surface area contributed by atoms with Crippen molar-refractivity contribution < 1.29 is 14.3 Å². The van der Waals surface area contributed by atoms with Crippen LogP contribution in [-0.2, 0) is 4.79 Å². The molecule has 0 saturated heterocycles. The van der Waals surface area contributed by atoms with E-state index < -0.39 is 11.9 Å². The molecule has 25 heavy (non-hydrogen) atoms. The number of anilines is 2. The van der Waals surface area contributed by atoms with Gasteiger partial charge in [0.15, 0.2) is 0 Å². The van der Waals surface area contributed by atoms with Crippen LogP contribution in [-0.4, -0.2) is 26.0 Å². The Labute approximate surface area is 141 Å². The molecule has 0 radical (unpaired) electrons. The summed E-state index contributed by atoms with van der Waals surface area (Å²) in [7, 11) is 0. The van der Waals surface area contributed by atoms with Crippen molar-refractivity contribution in [3.8, 4) is 22.5 Å². The van der Waals surface area contributed by atoms with E-state index >= 15 is 0 Å². The number of nitrogens with one attached hydrogen (secondary N) is 2. The molecular weight excluding hydrogens is 323 g/mol.